The van der Waals surface area contributed by atoms with E-state index in [0.717, 1.165) is 11.3 Å². The Morgan fingerprint density at radius 1 is 1.29 bits per heavy atom. The second-order valence-corrected chi connectivity index (χ2v) is 7.17. The standard InChI is InChI=1S/C20H19BrN2O5/c1-3-12(2)28-17-7-6-13(10-16(17)21)9-15-18(24)22-20(26)23(19(15)25)11-14-5-4-8-27-14/h4-10,12H,3,11H2,1-2H3,(H,22,24,26). The molecule has 146 valence electrons. The van der Waals surface area contributed by atoms with Crippen molar-refractivity contribution in [3.05, 3.63) is 58.0 Å². The molecular formula is C20H19BrN2O5. The third kappa shape index (κ3) is 4.33. The number of benzene rings is 1. The first kappa shape index (κ1) is 19.9. The van der Waals surface area contributed by atoms with E-state index >= 15 is 0 Å². The second kappa shape index (κ2) is 8.43. The van der Waals surface area contributed by atoms with E-state index in [1.807, 2.05) is 13.8 Å². The molecule has 0 radical (unpaired) electrons. The molecule has 1 aliphatic heterocycles. The largest absolute Gasteiger partial charge is 0.490 e. The summed E-state index contributed by atoms with van der Waals surface area (Å²) in [6.07, 6.45) is 3.82. The number of hydrogen-bond donors (Lipinski definition) is 1. The van der Waals surface area contributed by atoms with Crippen LogP contribution in [0.2, 0.25) is 0 Å². The molecule has 1 aliphatic rings. The van der Waals surface area contributed by atoms with Gasteiger partial charge in [-0.25, -0.2) is 4.79 Å². The maximum Gasteiger partial charge on any atom is 0.331 e. The van der Waals surface area contributed by atoms with Crippen LogP contribution in [-0.2, 0) is 16.1 Å². The van der Waals surface area contributed by atoms with Crippen molar-refractivity contribution < 1.29 is 23.5 Å². The Labute approximate surface area is 170 Å². The van der Waals surface area contributed by atoms with E-state index in [4.69, 9.17) is 9.15 Å². The number of carbonyl (C=O) groups is 3. The van der Waals surface area contributed by atoms with E-state index in [1.54, 1.807) is 30.3 Å². The van der Waals surface area contributed by atoms with Crippen molar-refractivity contribution in [3.63, 3.8) is 0 Å². The van der Waals surface area contributed by atoms with Gasteiger partial charge in [0.2, 0.25) is 0 Å². The summed E-state index contributed by atoms with van der Waals surface area (Å²) in [6, 6.07) is 7.78. The summed E-state index contributed by atoms with van der Waals surface area (Å²) in [7, 11) is 0. The molecule has 1 fully saturated rings. The summed E-state index contributed by atoms with van der Waals surface area (Å²) in [6.45, 7) is 3.94. The van der Waals surface area contributed by atoms with Crippen LogP contribution in [0, 0.1) is 0 Å². The average molecular weight is 447 g/mol. The van der Waals surface area contributed by atoms with Crippen LogP contribution in [0.4, 0.5) is 4.79 Å². The lowest BCUT2D eigenvalue weighted by Crippen LogP contribution is -2.53. The van der Waals surface area contributed by atoms with Crippen LogP contribution >= 0.6 is 15.9 Å². The number of nitrogens with one attached hydrogen (secondary N) is 1. The lowest BCUT2D eigenvalue weighted by atomic mass is 10.1. The van der Waals surface area contributed by atoms with Crippen LogP contribution in [0.3, 0.4) is 0 Å². The zero-order chi connectivity index (χ0) is 20.3. The number of imide groups is 2. The minimum absolute atomic E-state index is 0.0618. The van der Waals surface area contributed by atoms with Crippen molar-refractivity contribution in [2.45, 2.75) is 32.9 Å². The average Bonchev–Trinajstić information content (AvgIpc) is 3.17. The number of carbonyl (C=O) groups excluding carboxylic acids is 3. The molecule has 4 amide bonds. The fourth-order valence-electron chi connectivity index (χ4n) is 2.57. The van der Waals surface area contributed by atoms with Crippen LogP contribution < -0.4 is 10.1 Å². The fourth-order valence-corrected chi connectivity index (χ4v) is 3.06. The molecule has 1 saturated heterocycles. The summed E-state index contributed by atoms with van der Waals surface area (Å²) in [4.78, 5) is 37.9. The number of amides is 4. The quantitative estimate of drug-likeness (QED) is 0.537. The van der Waals surface area contributed by atoms with E-state index < -0.39 is 17.8 Å². The van der Waals surface area contributed by atoms with Gasteiger partial charge in [-0.15, -0.1) is 0 Å². The van der Waals surface area contributed by atoms with E-state index in [9.17, 15) is 14.4 Å². The fraction of sp³-hybridized carbons (Fsp3) is 0.250. The maximum atomic E-state index is 12.7. The normalized spacial score (nSPS) is 17.0. The second-order valence-electron chi connectivity index (χ2n) is 6.31. The SMILES string of the molecule is CCC(C)Oc1ccc(C=C2C(=O)NC(=O)N(Cc3ccco3)C2=O)cc1Br. The third-order valence-corrected chi connectivity index (χ3v) is 4.87. The first-order valence-electron chi connectivity index (χ1n) is 8.76. The Hall–Kier alpha value is -2.87. The lowest BCUT2D eigenvalue weighted by Gasteiger charge is -2.25. The highest BCUT2D eigenvalue weighted by Crippen LogP contribution is 2.28. The molecular weight excluding hydrogens is 428 g/mol. The Morgan fingerprint density at radius 2 is 2.07 bits per heavy atom. The molecule has 1 aromatic heterocycles. The Kier molecular flexibility index (Phi) is 5.99. The van der Waals surface area contributed by atoms with Gasteiger partial charge in [0, 0.05) is 0 Å². The van der Waals surface area contributed by atoms with Crippen LogP contribution in [0.1, 0.15) is 31.6 Å². The molecule has 8 heteroatoms. The molecule has 0 saturated carbocycles. The minimum atomic E-state index is -0.776. The van der Waals surface area contributed by atoms with Gasteiger partial charge in [-0.05, 0) is 65.2 Å². The molecule has 7 nitrogen and oxygen atoms in total. The van der Waals surface area contributed by atoms with E-state index in [2.05, 4.69) is 21.2 Å². The highest BCUT2D eigenvalue weighted by molar-refractivity contribution is 9.10. The lowest BCUT2D eigenvalue weighted by molar-refractivity contribution is -0.130. The molecule has 0 aliphatic carbocycles. The molecule has 2 heterocycles. The summed E-state index contributed by atoms with van der Waals surface area (Å²) in [5.41, 5.74) is 0.489. The first-order valence-corrected chi connectivity index (χ1v) is 9.55. The zero-order valence-electron chi connectivity index (χ0n) is 15.4. The number of barbiturate groups is 1. The van der Waals surface area contributed by atoms with Gasteiger partial charge in [0.25, 0.3) is 11.8 Å². The van der Waals surface area contributed by atoms with Crippen LogP contribution in [-0.4, -0.2) is 28.8 Å². The third-order valence-electron chi connectivity index (χ3n) is 4.25. The van der Waals surface area contributed by atoms with Gasteiger partial charge in [0.15, 0.2) is 0 Å². The molecule has 2 aromatic rings. The number of nitrogens with zero attached hydrogens (tertiary/aromatic N) is 1. The van der Waals surface area contributed by atoms with Crippen molar-refractivity contribution >= 4 is 39.9 Å². The zero-order valence-corrected chi connectivity index (χ0v) is 17.0. The van der Waals surface area contributed by atoms with Crippen molar-refractivity contribution in [2.24, 2.45) is 0 Å². The molecule has 0 bridgehead atoms. The molecule has 3 rings (SSSR count). The summed E-state index contributed by atoms with van der Waals surface area (Å²) in [5, 5.41) is 2.18. The monoisotopic (exact) mass is 446 g/mol. The van der Waals surface area contributed by atoms with Gasteiger partial charge in [0.1, 0.15) is 17.1 Å². The predicted molar refractivity (Wildman–Crippen MR) is 105 cm³/mol. The van der Waals surface area contributed by atoms with Crippen LogP contribution in [0.25, 0.3) is 6.08 Å². The summed E-state index contributed by atoms with van der Waals surface area (Å²) >= 11 is 3.44. The van der Waals surface area contributed by atoms with Gasteiger partial charge < -0.3 is 9.15 Å². The maximum absolute atomic E-state index is 12.7. The van der Waals surface area contributed by atoms with Crippen molar-refractivity contribution in [1.82, 2.24) is 10.2 Å². The van der Waals surface area contributed by atoms with Crippen molar-refractivity contribution in [2.75, 3.05) is 0 Å². The summed E-state index contributed by atoms with van der Waals surface area (Å²) < 4.78 is 11.7. The number of ether oxygens (including phenoxy) is 1. The number of furan rings is 1. The number of urea groups is 1. The van der Waals surface area contributed by atoms with Gasteiger partial charge >= 0.3 is 6.03 Å². The minimum Gasteiger partial charge on any atom is -0.490 e. The van der Waals surface area contributed by atoms with Crippen molar-refractivity contribution in [1.29, 1.82) is 0 Å². The van der Waals surface area contributed by atoms with Gasteiger partial charge in [-0.2, -0.15) is 0 Å². The first-order chi connectivity index (χ1) is 13.4. The number of rotatable bonds is 6. The molecule has 1 atom stereocenters. The number of halogens is 1. The smallest absolute Gasteiger partial charge is 0.331 e. The molecule has 1 aromatic carbocycles. The molecule has 28 heavy (non-hydrogen) atoms. The van der Waals surface area contributed by atoms with Gasteiger partial charge in [-0.3, -0.25) is 19.8 Å². The molecule has 1 unspecified atom stereocenters. The van der Waals surface area contributed by atoms with E-state index in [-0.39, 0.29) is 18.2 Å². The van der Waals surface area contributed by atoms with Crippen molar-refractivity contribution in [3.8, 4) is 5.75 Å². The van der Waals surface area contributed by atoms with Crippen LogP contribution in [0.15, 0.2) is 51.1 Å². The summed E-state index contributed by atoms with van der Waals surface area (Å²) in [5.74, 6) is -0.306. The highest BCUT2D eigenvalue weighted by atomic mass is 79.9. The van der Waals surface area contributed by atoms with E-state index in [1.165, 1.54) is 12.3 Å². The van der Waals surface area contributed by atoms with Gasteiger partial charge in [-0.1, -0.05) is 13.0 Å². The Bertz CT molecular complexity index is 936. The van der Waals surface area contributed by atoms with E-state index in [0.29, 0.717) is 21.5 Å². The number of hydrogen-bond acceptors (Lipinski definition) is 5. The van der Waals surface area contributed by atoms with Gasteiger partial charge in [0.05, 0.1) is 23.4 Å². The van der Waals surface area contributed by atoms with Crippen LogP contribution in [0.5, 0.6) is 5.75 Å². The molecule has 1 N–H and O–H groups in total. The predicted octanol–water partition coefficient (Wildman–Crippen LogP) is 3.88. The highest BCUT2D eigenvalue weighted by Gasteiger charge is 2.36. The topological polar surface area (TPSA) is 88.8 Å². The Balaban J connectivity index is 1.85. The molecule has 0 spiro atoms. The Morgan fingerprint density at radius 3 is 2.71 bits per heavy atom.